The summed E-state index contributed by atoms with van der Waals surface area (Å²) < 4.78 is 5.39. The molecule has 0 aromatic heterocycles. The van der Waals surface area contributed by atoms with E-state index in [1.54, 1.807) is 7.05 Å². The first-order chi connectivity index (χ1) is 12.6. The summed E-state index contributed by atoms with van der Waals surface area (Å²) in [7, 11) is 1.67. The summed E-state index contributed by atoms with van der Waals surface area (Å²) in [5.41, 5.74) is -0.987. The highest BCUT2D eigenvalue weighted by atomic mass is 127. The maximum absolute atomic E-state index is 12.2. The Morgan fingerprint density at radius 2 is 1.57 bits per heavy atom. The smallest absolute Gasteiger partial charge is 0.408 e. The van der Waals surface area contributed by atoms with Crippen molar-refractivity contribution in [3.8, 4) is 0 Å². The van der Waals surface area contributed by atoms with Gasteiger partial charge in [-0.05, 0) is 40.0 Å². The highest BCUT2D eigenvalue weighted by Gasteiger charge is 2.30. The van der Waals surface area contributed by atoms with E-state index in [0.717, 1.165) is 19.3 Å². The second kappa shape index (κ2) is 14.7. The fraction of sp³-hybridized carbons (Fsp3) is 0.842. The van der Waals surface area contributed by atoms with E-state index >= 15 is 0 Å². The minimum Gasteiger partial charge on any atom is -0.444 e. The summed E-state index contributed by atoms with van der Waals surface area (Å²) in [6.07, 6.45) is 2.36. The fourth-order valence-corrected chi connectivity index (χ4v) is 2.36. The van der Waals surface area contributed by atoms with Gasteiger partial charge in [-0.25, -0.2) is 4.79 Å². The predicted molar refractivity (Wildman–Crippen MR) is 125 cm³/mol. The van der Waals surface area contributed by atoms with Crippen molar-refractivity contribution in [1.82, 2.24) is 21.3 Å². The number of nitrogens with one attached hydrogen (secondary N) is 4. The number of guanidine groups is 1. The van der Waals surface area contributed by atoms with Crippen LogP contribution in [0.15, 0.2) is 4.99 Å². The lowest BCUT2D eigenvalue weighted by atomic mass is 9.93. The number of nitrogens with zero attached hydrogens (tertiary/aromatic N) is 1. The number of hydrogen-bond donors (Lipinski definition) is 4. The maximum atomic E-state index is 12.2. The first-order valence-corrected chi connectivity index (χ1v) is 9.83. The van der Waals surface area contributed by atoms with Gasteiger partial charge in [0.2, 0.25) is 5.91 Å². The molecule has 2 amide bonds. The molecule has 0 bridgehead atoms. The number of hydrogen-bond acceptors (Lipinski definition) is 4. The Morgan fingerprint density at radius 1 is 0.964 bits per heavy atom. The molecular weight excluding hydrogens is 473 g/mol. The van der Waals surface area contributed by atoms with Crippen molar-refractivity contribution in [1.29, 1.82) is 0 Å². The summed E-state index contributed by atoms with van der Waals surface area (Å²) >= 11 is 0. The molecule has 0 aliphatic carbocycles. The van der Waals surface area contributed by atoms with E-state index in [9.17, 15) is 9.59 Å². The highest BCUT2D eigenvalue weighted by molar-refractivity contribution is 14.0. The molecule has 0 atom stereocenters. The fourth-order valence-electron chi connectivity index (χ4n) is 2.36. The topological polar surface area (TPSA) is 104 Å². The second-order valence-corrected chi connectivity index (χ2v) is 7.57. The Morgan fingerprint density at radius 3 is 2.04 bits per heavy atom. The molecule has 0 unspecified atom stereocenters. The Kier molecular flexibility index (Phi) is 15.2. The quantitative estimate of drug-likeness (QED) is 0.204. The number of halogens is 1. The van der Waals surface area contributed by atoms with E-state index in [2.05, 4.69) is 26.3 Å². The molecule has 0 fully saturated rings. The molecule has 8 nitrogen and oxygen atoms in total. The average molecular weight is 513 g/mol. The lowest BCUT2D eigenvalue weighted by Crippen LogP contribution is -2.57. The molecule has 9 heteroatoms. The number of carbonyl (C=O) groups is 2. The van der Waals surface area contributed by atoms with Gasteiger partial charge >= 0.3 is 6.09 Å². The lowest BCUT2D eigenvalue weighted by molar-refractivity contribution is -0.120. The monoisotopic (exact) mass is 513 g/mol. The minimum absolute atomic E-state index is 0. The van der Waals surface area contributed by atoms with Gasteiger partial charge in [-0.15, -0.1) is 24.0 Å². The van der Waals surface area contributed by atoms with E-state index in [-0.39, 0.29) is 29.9 Å². The number of alkyl carbamates (subject to hydrolysis) is 1. The molecule has 0 saturated heterocycles. The van der Waals surface area contributed by atoms with Crippen LogP contribution in [0.5, 0.6) is 0 Å². The Balaban J connectivity index is 0. The van der Waals surface area contributed by atoms with E-state index < -0.39 is 17.2 Å². The number of rotatable bonds is 10. The van der Waals surface area contributed by atoms with Crippen molar-refractivity contribution in [2.45, 2.75) is 78.4 Å². The normalized spacial score (nSPS) is 11.9. The molecule has 0 rings (SSSR count). The molecular formula is C19H40IN5O3. The third-order valence-electron chi connectivity index (χ3n) is 4.15. The van der Waals surface area contributed by atoms with Crippen molar-refractivity contribution in [3.63, 3.8) is 0 Å². The van der Waals surface area contributed by atoms with Gasteiger partial charge in [0, 0.05) is 33.1 Å². The van der Waals surface area contributed by atoms with Crippen LogP contribution in [0, 0.1) is 0 Å². The molecule has 28 heavy (non-hydrogen) atoms. The van der Waals surface area contributed by atoms with Crippen molar-refractivity contribution >= 4 is 41.9 Å². The van der Waals surface area contributed by atoms with Crippen LogP contribution in [0.2, 0.25) is 0 Å². The molecule has 0 saturated carbocycles. The summed E-state index contributed by atoms with van der Waals surface area (Å²) in [5, 5.41) is 12.2. The molecule has 0 aromatic rings. The number of ether oxygens (including phenoxy) is 1. The molecule has 166 valence electrons. The Hall–Kier alpha value is -1.26. The van der Waals surface area contributed by atoms with Gasteiger partial charge in [0.05, 0.1) is 5.54 Å². The molecule has 0 aliphatic rings. The van der Waals surface area contributed by atoms with Gasteiger partial charge < -0.3 is 26.0 Å². The summed E-state index contributed by atoms with van der Waals surface area (Å²) in [6, 6.07) is 0. The zero-order valence-electron chi connectivity index (χ0n) is 18.5. The van der Waals surface area contributed by atoms with Crippen LogP contribution >= 0.6 is 24.0 Å². The zero-order valence-corrected chi connectivity index (χ0v) is 20.9. The number of amides is 2. The first-order valence-electron chi connectivity index (χ1n) is 9.83. The standard InChI is InChI=1S/C19H39N5O3.HI/c1-8-12-21-15(25)11-13-22-16(20-7)23-14-19(9-2,10-3)24-17(26)27-18(4,5)6;/h8-14H2,1-7H3,(H,21,25)(H,24,26)(H2,20,22,23);1H. The molecule has 0 aromatic carbocycles. The lowest BCUT2D eigenvalue weighted by Gasteiger charge is -2.34. The van der Waals surface area contributed by atoms with Crippen LogP contribution in [-0.2, 0) is 9.53 Å². The zero-order chi connectivity index (χ0) is 20.9. The molecule has 4 N–H and O–H groups in total. The van der Waals surface area contributed by atoms with E-state index in [1.807, 2.05) is 41.5 Å². The van der Waals surface area contributed by atoms with Crippen LogP contribution in [0.1, 0.15) is 67.2 Å². The summed E-state index contributed by atoms with van der Waals surface area (Å²) in [6.45, 7) is 13.3. The van der Waals surface area contributed by atoms with E-state index in [1.165, 1.54) is 0 Å². The van der Waals surface area contributed by atoms with Crippen LogP contribution in [0.3, 0.4) is 0 Å². The SMILES string of the molecule is CCCNC(=O)CCNC(=NC)NCC(CC)(CC)NC(=O)OC(C)(C)C.I. The highest BCUT2D eigenvalue weighted by Crippen LogP contribution is 2.16. The second-order valence-electron chi connectivity index (χ2n) is 7.57. The molecule has 0 radical (unpaired) electrons. The van der Waals surface area contributed by atoms with Gasteiger partial charge in [-0.2, -0.15) is 0 Å². The molecule has 0 aliphatic heterocycles. The molecule has 0 heterocycles. The third kappa shape index (κ3) is 13.0. The van der Waals surface area contributed by atoms with Crippen molar-refractivity contribution in [3.05, 3.63) is 0 Å². The van der Waals surface area contributed by atoms with Gasteiger partial charge in [0.25, 0.3) is 0 Å². The first kappa shape index (κ1) is 28.9. The van der Waals surface area contributed by atoms with Gasteiger partial charge in [-0.1, -0.05) is 20.8 Å². The van der Waals surface area contributed by atoms with Crippen LogP contribution < -0.4 is 21.3 Å². The predicted octanol–water partition coefficient (Wildman–Crippen LogP) is 2.77. The van der Waals surface area contributed by atoms with Gasteiger partial charge in [0.15, 0.2) is 5.96 Å². The van der Waals surface area contributed by atoms with E-state index in [4.69, 9.17) is 4.74 Å². The number of aliphatic imine (C=N–C) groups is 1. The maximum Gasteiger partial charge on any atom is 0.408 e. The molecule has 0 spiro atoms. The Labute approximate surface area is 187 Å². The van der Waals surface area contributed by atoms with Gasteiger partial charge in [0.1, 0.15) is 5.60 Å². The van der Waals surface area contributed by atoms with Gasteiger partial charge in [-0.3, -0.25) is 9.79 Å². The van der Waals surface area contributed by atoms with Crippen LogP contribution in [0.25, 0.3) is 0 Å². The van der Waals surface area contributed by atoms with E-state index in [0.29, 0.717) is 32.0 Å². The van der Waals surface area contributed by atoms with Crippen LogP contribution in [-0.4, -0.2) is 55.8 Å². The number of carbonyl (C=O) groups excluding carboxylic acids is 2. The summed E-state index contributed by atoms with van der Waals surface area (Å²) in [5.74, 6) is 0.610. The van der Waals surface area contributed by atoms with Crippen LogP contribution in [0.4, 0.5) is 4.79 Å². The average Bonchev–Trinajstić information content (AvgIpc) is 2.60. The Bertz CT molecular complexity index is 488. The largest absolute Gasteiger partial charge is 0.444 e. The summed E-state index contributed by atoms with van der Waals surface area (Å²) in [4.78, 5) is 28.0. The third-order valence-corrected chi connectivity index (χ3v) is 4.15. The minimum atomic E-state index is -0.541. The van der Waals surface area contributed by atoms with Crippen molar-refractivity contribution < 1.29 is 14.3 Å². The van der Waals surface area contributed by atoms with Crippen molar-refractivity contribution in [2.24, 2.45) is 4.99 Å². The van der Waals surface area contributed by atoms with Crippen molar-refractivity contribution in [2.75, 3.05) is 26.7 Å².